The molecular weight excluding hydrogens is 532 g/mol. The number of fused-ring (bicyclic) bond motifs is 1. The maximum Gasteiger partial charge on any atom is 0.261 e. The standard InChI is InChI=1S/C33H34N4O3S/c1-3-21-37(4-2)23-24-15-17-26(18-16-24)34-32(25-11-7-5-8-12-25)31-29-22-28(19-20-30(29)35-33(31)38)41(39,40)36-27-13-9-6-10-14-27/h5-20,22,34,36H,3-4,21,23H2,1-2H3,(H,35,38). The summed E-state index contributed by atoms with van der Waals surface area (Å²) in [5.74, 6) is -0.299. The fourth-order valence-electron chi connectivity index (χ4n) is 4.93. The number of hydrogen-bond acceptors (Lipinski definition) is 5. The molecule has 210 valence electrons. The molecule has 1 heterocycles. The van der Waals surface area contributed by atoms with Crippen LogP contribution in [0.1, 0.15) is 37.0 Å². The van der Waals surface area contributed by atoms with Crippen LogP contribution in [0.3, 0.4) is 0 Å². The van der Waals surface area contributed by atoms with E-state index in [1.54, 1.807) is 36.4 Å². The first-order valence-corrected chi connectivity index (χ1v) is 15.3. The topological polar surface area (TPSA) is 90.5 Å². The summed E-state index contributed by atoms with van der Waals surface area (Å²) in [4.78, 5) is 15.8. The van der Waals surface area contributed by atoms with Gasteiger partial charge in [0.15, 0.2) is 0 Å². The van der Waals surface area contributed by atoms with Crippen LogP contribution in [-0.4, -0.2) is 32.3 Å². The first-order valence-electron chi connectivity index (χ1n) is 13.8. The molecule has 41 heavy (non-hydrogen) atoms. The van der Waals surface area contributed by atoms with Gasteiger partial charge in [-0.1, -0.05) is 74.5 Å². The van der Waals surface area contributed by atoms with Gasteiger partial charge in [0.25, 0.3) is 15.9 Å². The predicted molar refractivity (Wildman–Crippen MR) is 167 cm³/mol. The smallest absolute Gasteiger partial charge is 0.261 e. The second kappa shape index (κ2) is 12.4. The van der Waals surface area contributed by atoms with Gasteiger partial charge in [-0.3, -0.25) is 14.4 Å². The van der Waals surface area contributed by atoms with E-state index in [9.17, 15) is 13.2 Å². The van der Waals surface area contributed by atoms with Crippen molar-refractivity contribution in [3.63, 3.8) is 0 Å². The molecule has 0 fully saturated rings. The van der Waals surface area contributed by atoms with Crippen molar-refractivity contribution in [1.82, 2.24) is 4.90 Å². The normalized spacial score (nSPS) is 14.0. The van der Waals surface area contributed by atoms with Gasteiger partial charge in [-0.05, 0) is 73.1 Å². The highest BCUT2D eigenvalue weighted by atomic mass is 32.2. The van der Waals surface area contributed by atoms with Crippen molar-refractivity contribution in [1.29, 1.82) is 0 Å². The highest BCUT2D eigenvalue weighted by Crippen LogP contribution is 2.39. The number of carbonyl (C=O) groups excluding carboxylic acids is 1. The van der Waals surface area contributed by atoms with Gasteiger partial charge in [0.1, 0.15) is 0 Å². The summed E-state index contributed by atoms with van der Waals surface area (Å²) < 4.78 is 29.1. The molecule has 4 aromatic rings. The zero-order valence-electron chi connectivity index (χ0n) is 23.2. The van der Waals surface area contributed by atoms with Crippen LogP contribution in [0.2, 0.25) is 0 Å². The number of carbonyl (C=O) groups is 1. The maximum atomic E-state index is 13.4. The van der Waals surface area contributed by atoms with E-state index in [0.29, 0.717) is 28.2 Å². The number of amides is 1. The van der Waals surface area contributed by atoms with Crippen molar-refractivity contribution in [2.45, 2.75) is 31.7 Å². The third kappa shape index (κ3) is 6.51. The first-order chi connectivity index (χ1) is 19.9. The Labute approximate surface area is 242 Å². The van der Waals surface area contributed by atoms with Gasteiger partial charge in [0.2, 0.25) is 0 Å². The SMILES string of the molecule is CCCN(CC)Cc1ccc(NC(=C2C(=O)Nc3ccc(S(=O)(=O)Nc4ccccc4)cc32)c2ccccc2)cc1. The molecule has 0 saturated carbocycles. The highest BCUT2D eigenvalue weighted by Gasteiger charge is 2.30. The predicted octanol–water partition coefficient (Wildman–Crippen LogP) is 6.65. The Bertz CT molecular complexity index is 1650. The molecule has 4 aromatic carbocycles. The number of sulfonamides is 1. The summed E-state index contributed by atoms with van der Waals surface area (Å²) in [6.45, 7) is 7.27. The molecule has 5 rings (SSSR count). The van der Waals surface area contributed by atoms with Crippen molar-refractivity contribution in [3.05, 3.63) is 120 Å². The van der Waals surface area contributed by atoms with Crippen LogP contribution < -0.4 is 15.4 Å². The van der Waals surface area contributed by atoms with E-state index in [4.69, 9.17) is 0 Å². The van der Waals surface area contributed by atoms with Crippen LogP contribution in [-0.2, 0) is 21.4 Å². The van der Waals surface area contributed by atoms with E-state index >= 15 is 0 Å². The summed E-state index contributed by atoms with van der Waals surface area (Å²) in [7, 11) is -3.88. The van der Waals surface area contributed by atoms with E-state index in [1.807, 2.05) is 48.5 Å². The molecular formula is C33H34N4O3S. The molecule has 0 bridgehead atoms. The third-order valence-corrected chi connectivity index (χ3v) is 8.38. The molecule has 1 aliphatic rings. The Kier molecular flexibility index (Phi) is 8.52. The van der Waals surface area contributed by atoms with Gasteiger partial charge in [-0.15, -0.1) is 0 Å². The molecule has 1 aliphatic heterocycles. The van der Waals surface area contributed by atoms with Crippen LogP contribution >= 0.6 is 0 Å². The number of para-hydroxylation sites is 1. The minimum absolute atomic E-state index is 0.0680. The number of hydrogen-bond donors (Lipinski definition) is 3. The number of rotatable bonds is 11. The lowest BCUT2D eigenvalue weighted by Gasteiger charge is -2.20. The molecule has 0 saturated heterocycles. The van der Waals surface area contributed by atoms with E-state index in [1.165, 1.54) is 11.6 Å². The first kappa shape index (κ1) is 28.1. The summed E-state index contributed by atoms with van der Waals surface area (Å²) in [6.07, 6.45) is 1.11. The maximum absolute atomic E-state index is 13.4. The molecule has 8 heteroatoms. The van der Waals surface area contributed by atoms with Gasteiger partial charge in [-0.25, -0.2) is 8.42 Å². The molecule has 0 unspecified atom stereocenters. The van der Waals surface area contributed by atoms with Gasteiger partial charge < -0.3 is 10.6 Å². The van der Waals surface area contributed by atoms with E-state index < -0.39 is 10.0 Å². The van der Waals surface area contributed by atoms with E-state index in [2.05, 4.69) is 46.2 Å². The van der Waals surface area contributed by atoms with Gasteiger partial charge in [0, 0.05) is 29.2 Å². The van der Waals surface area contributed by atoms with Gasteiger partial charge in [-0.2, -0.15) is 0 Å². The molecule has 3 N–H and O–H groups in total. The number of nitrogens with zero attached hydrogens (tertiary/aromatic N) is 1. The van der Waals surface area contributed by atoms with Crippen molar-refractivity contribution >= 4 is 44.3 Å². The second-order valence-corrected chi connectivity index (χ2v) is 11.6. The van der Waals surface area contributed by atoms with Crippen LogP contribution in [0.5, 0.6) is 0 Å². The zero-order valence-corrected chi connectivity index (χ0v) is 24.0. The minimum Gasteiger partial charge on any atom is -0.354 e. The molecule has 0 spiro atoms. The Morgan fingerprint density at radius 3 is 2.17 bits per heavy atom. The van der Waals surface area contributed by atoms with E-state index in [0.717, 1.165) is 37.3 Å². The molecule has 0 aliphatic carbocycles. The number of benzene rings is 4. The fourth-order valence-corrected chi connectivity index (χ4v) is 6.01. The molecule has 7 nitrogen and oxygen atoms in total. The molecule has 0 atom stereocenters. The number of anilines is 3. The summed E-state index contributed by atoms with van der Waals surface area (Å²) >= 11 is 0. The van der Waals surface area contributed by atoms with Crippen molar-refractivity contribution in [3.8, 4) is 0 Å². The van der Waals surface area contributed by atoms with Crippen LogP contribution in [0.4, 0.5) is 17.1 Å². The lowest BCUT2D eigenvalue weighted by Crippen LogP contribution is -2.23. The molecule has 0 aromatic heterocycles. The Hall–Kier alpha value is -4.40. The van der Waals surface area contributed by atoms with Gasteiger partial charge >= 0.3 is 0 Å². The van der Waals surface area contributed by atoms with Crippen LogP contribution in [0.15, 0.2) is 108 Å². The summed E-state index contributed by atoms with van der Waals surface area (Å²) in [5.41, 5.74) is 5.37. The average molecular weight is 567 g/mol. The zero-order chi connectivity index (χ0) is 28.8. The Morgan fingerprint density at radius 2 is 1.51 bits per heavy atom. The summed E-state index contributed by atoms with van der Waals surface area (Å²) in [6, 6.07) is 31.2. The van der Waals surface area contributed by atoms with Crippen LogP contribution in [0, 0.1) is 0 Å². The average Bonchev–Trinajstić information content (AvgIpc) is 3.32. The molecule has 0 radical (unpaired) electrons. The fraction of sp³-hybridized carbons (Fsp3) is 0.182. The monoisotopic (exact) mass is 566 g/mol. The quantitative estimate of drug-likeness (QED) is 0.177. The molecule has 1 amide bonds. The van der Waals surface area contributed by atoms with E-state index in [-0.39, 0.29) is 10.8 Å². The largest absolute Gasteiger partial charge is 0.354 e. The van der Waals surface area contributed by atoms with Crippen LogP contribution in [0.25, 0.3) is 11.3 Å². The lowest BCUT2D eigenvalue weighted by molar-refractivity contribution is -0.110. The Balaban J connectivity index is 1.52. The van der Waals surface area contributed by atoms with Gasteiger partial charge in [0.05, 0.1) is 16.2 Å². The minimum atomic E-state index is -3.88. The third-order valence-electron chi connectivity index (χ3n) is 7.00. The number of nitrogens with one attached hydrogen (secondary N) is 3. The summed E-state index contributed by atoms with van der Waals surface area (Å²) in [5, 5.41) is 6.37. The lowest BCUT2D eigenvalue weighted by atomic mass is 10.00. The van der Waals surface area contributed by atoms with Crippen molar-refractivity contribution in [2.24, 2.45) is 0 Å². The highest BCUT2D eigenvalue weighted by molar-refractivity contribution is 7.92. The second-order valence-electron chi connectivity index (χ2n) is 9.94. The van der Waals surface area contributed by atoms with Crippen molar-refractivity contribution in [2.75, 3.05) is 28.4 Å². The van der Waals surface area contributed by atoms with Crippen molar-refractivity contribution < 1.29 is 13.2 Å². The Morgan fingerprint density at radius 1 is 0.829 bits per heavy atom.